The highest BCUT2D eigenvalue weighted by Gasteiger charge is 2.45. The number of ether oxygens (including phenoxy) is 1. The molecule has 3 aliphatic rings. The van der Waals surface area contributed by atoms with Gasteiger partial charge in [0.05, 0.1) is 28.8 Å². The Bertz CT molecular complexity index is 2140. The van der Waals surface area contributed by atoms with Gasteiger partial charge in [-0.1, -0.05) is 53.7 Å². The van der Waals surface area contributed by atoms with Crippen LogP contribution in [0.2, 0.25) is 15.1 Å². The molecule has 3 N–H and O–H groups in total. The number of unbranched alkanes of at least 4 members (excludes halogenated alkanes) is 3. The summed E-state index contributed by atoms with van der Waals surface area (Å²) in [6.45, 7) is 2.28. The van der Waals surface area contributed by atoms with E-state index in [9.17, 15) is 33.6 Å². The number of piperidine rings is 1. The number of nitrogens with one attached hydrogen (secondary N) is 3. The normalized spacial score (nSPS) is 16.6. The topological polar surface area (TPSA) is 175 Å². The quantitative estimate of drug-likeness (QED) is 0.130. The number of rotatable bonds is 15. The fourth-order valence-corrected chi connectivity index (χ4v) is 7.96. The standard InChI is InChI=1S/C41H43Cl3N6O8/c1-58-33-23-30(44)27(26-21-24(42)9-10-29(26)43)22-28(33)39(55)49-19-17-48(18-20-49)36(53)14-13-34(51)46-16-5-3-2-4-15-45-31-8-6-7-25-37(31)41(57)50(40(25)56)32-11-12-35(52)47-38(32)54/h6-10,21-23,32,45H,2-5,11-20H2,1H3,(H,46,51)(H,47,52,54). The van der Waals surface area contributed by atoms with Crippen LogP contribution in [0.4, 0.5) is 5.69 Å². The number of amides is 7. The fourth-order valence-electron chi connectivity index (χ4n) is 7.31. The summed E-state index contributed by atoms with van der Waals surface area (Å²) in [5.74, 6) is -2.52. The maximum Gasteiger partial charge on any atom is 0.264 e. The van der Waals surface area contributed by atoms with Crippen LogP contribution in [-0.2, 0) is 19.2 Å². The lowest BCUT2D eigenvalue weighted by molar-refractivity contribution is -0.136. The minimum Gasteiger partial charge on any atom is -0.496 e. The number of carbonyl (C=O) groups excluding carboxylic acids is 7. The van der Waals surface area contributed by atoms with E-state index in [4.69, 9.17) is 39.5 Å². The molecule has 3 aliphatic heterocycles. The molecule has 2 saturated heterocycles. The van der Waals surface area contributed by atoms with Gasteiger partial charge in [0.2, 0.25) is 23.6 Å². The summed E-state index contributed by atoms with van der Waals surface area (Å²) in [7, 11) is 1.46. The van der Waals surface area contributed by atoms with Gasteiger partial charge in [0.1, 0.15) is 11.8 Å². The molecule has 0 saturated carbocycles. The fraction of sp³-hybridized carbons (Fsp3) is 0.390. The Labute approximate surface area is 350 Å². The highest BCUT2D eigenvalue weighted by molar-refractivity contribution is 6.38. The molecule has 17 heteroatoms. The number of fused-ring (bicyclic) bond motifs is 1. The van der Waals surface area contributed by atoms with Gasteiger partial charge in [-0.15, -0.1) is 0 Å². The van der Waals surface area contributed by atoms with E-state index in [2.05, 4.69) is 16.0 Å². The van der Waals surface area contributed by atoms with E-state index in [0.29, 0.717) is 82.5 Å². The maximum absolute atomic E-state index is 13.6. The number of nitrogens with zero attached hydrogens (tertiary/aromatic N) is 3. The van der Waals surface area contributed by atoms with Crippen molar-refractivity contribution >= 4 is 81.8 Å². The molecule has 306 valence electrons. The van der Waals surface area contributed by atoms with Crippen LogP contribution in [0, 0.1) is 0 Å². The van der Waals surface area contributed by atoms with Gasteiger partial charge in [-0.3, -0.25) is 43.8 Å². The van der Waals surface area contributed by atoms with Crippen molar-refractivity contribution in [1.29, 1.82) is 0 Å². The number of imide groups is 2. The van der Waals surface area contributed by atoms with E-state index in [0.717, 1.165) is 30.6 Å². The SMILES string of the molecule is COc1cc(Cl)c(-c2cc(Cl)ccc2Cl)cc1C(=O)N1CCN(C(=O)CCC(=O)NCCCCCCNc2cccc3c2C(=O)N(C2CCC(=O)NC2=O)C3=O)CC1. The van der Waals surface area contributed by atoms with Crippen LogP contribution in [0.3, 0.4) is 0 Å². The van der Waals surface area contributed by atoms with Crippen molar-refractivity contribution in [2.24, 2.45) is 0 Å². The molecule has 1 atom stereocenters. The van der Waals surface area contributed by atoms with Crippen molar-refractivity contribution in [3.63, 3.8) is 0 Å². The number of methoxy groups -OCH3 is 1. The maximum atomic E-state index is 13.6. The molecule has 58 heavy (non-hydrogen) atoms. The van der Waals surface area contributed by atoms with Gasteiger partial charge in [-0.25, -0.2) is 0 Å². The van der Waals surface area contributed by atoms with Crippen molar-refractivity contribution in [1.82, 2.24) is 25.3 Å². The molecule has 2 fully saturated rings. The Hall–Kier alpha value is -5.18. The lowest BCUT2D eigenvalue weighted by Crippen LogP contribution is -2.54. The Balaban J connectivity index is 0.871. The van der Waals surface area contributed by atoms with E-state index in [1.54, 1.807) is 58.3 Å². The zero-order chi connectivity index (χ0) is 41.5. The van der Waals surface area contributed by atoms with Crippen molar-refractivity contribution in [2.45, 2.75) is 57.4 Å². The van der Waals surface area contributed by atoms with E-state index in [-0.39, 0.29) is 54.5 Å². The summed E-state index contributed by atoms with van der Waals surface area (Å²) >= 11 is 19.2. The monoisotopic (exact) mass is 852 g/mol. The first-order valence-electron chi connectivity index (χ1n) is 19.1. The van der Waals surface area contributed by atoms with Crippen molar-refractivity contribution < 1.29 is 38.3 Å². The van der Waals surface area contributed by atoms with Gasteiger partial charge in [-0.2, -0.15) is 0 Å². The molecule has 14 nitrogen and oxygen atoms in total. The summed E-state index contributed by atoms with van der Waals surface area (Å²) in [5, 5.41) is 9.55. The largest absolute Gasteiger partial charge is 0.496 e. The first-order chi connectivity index (χ1) is 27.9. The van der Waals surface area contributed by atoms with Gasteiger partial charge in [0.15, 0.2) is 0 Å². The predicted molar refractivity (Wildman–Crippen MR) is 218 cm³/mol. The Morgan fingerprint density at radius 2 is 1.50 bits per heavy atom. The minimum absolute atomic E-state index is 0.0536. The minimum atomic E-state index is -1.02. The zero-order valence-corrected chi connectivity index (χ0v) is 34.1. The van der Waals surface area contributed by atoms with Gasteiger partial charge in [0, 0.05) is 91.5 Å². The second-order valence-electron chi connectivity index (χ2n) is 14.2. The molecule has 0 spiro atoms. The van der Waals surface area contributed by atoms with Crippen molar-refractivity contribution in [3.05, 3.63) is 80.3 Å². The molecule has 1 unspecified atom stereocenters. The second kappa shape index (κ2) is 19.0. The van der Waals surface area contributed by atoms with Crippen LogP contribution in [0.1, 0.15) is 82.4 Å². The molecule has 3 aromatic carbocycles. The van der Waals surface area contributed by atoms with E-state index < -0.39 is 29.7 Å². The molecule has 3 heterocycles. The molecule has 0 bridgehead atoms. The lowest BCUT2D eigenvalue weighted by Gasteiger charge is -2.35. The van der Waals surface area contributed by atoms with Gasteiger partial charge in [0.25, 0.3) is 17.7 Å². The summed E-state index contributed by atoms with van der Waals surface area (Å²) < 4.78 is 5.48. The first-order valence-corrected chi connectivity index (χ1v) is 20.3. The van der Waals surface area contributed by atoms with Gasteiger partial charge < -0.3 is 25.2 Å². The number of piperazine rings is 1. The number of carbonyl (C=O) groups is 7. The third-order valence-electron chi connectivity index (χ3n) is 10.4. The molecule has 3 aromatic rings. The number of hydrogen-bond acceptors (Lipinski definition) is 9. The molecule has 0 aromatic heterocycles. The van der Waals surface area contributed by atoms with Crippen LogP contribution >= 0.6 is 34.8 Å². The number of halogens is 3. The smallest absolute Gasteiger partial charge is 0.264 e. The van der Waals surface area contributed by atoms with Crippen molar-refractivity contribution in [3.8, 4) is 16.9 Å². The predicted octanol–water partition coefficient (Wildman–Crippen LogP) is 5.58. The molecule has 0 aliphatic carbocycles. The number of hydrogen-bond donors (Lipinski definition) is 3. The van der Waals surface area contributed by atoms with Gasteiger partial charge >= 0.3 is 0 Å². The second-order valence-corrected chi connectivity index (χ2v) is 15.4. The molecular formula is C41H43Cl3N6O8. The highest BCUT2D eigenvalue weighted by Crippen LogP contribution is 2.39. The van der Waals surface area contributed by atoms with Crippen molar-refractivity contribution in [2.75, 3.05) is 51.7 Å². The average molecular weight is 854 g/mol. The summed E-state index contributed by atoms with van der Waals surface area (Å²) in [5.41, 5.74) is 2.38. The summed E-state index contributed by atoms with van der Waals surface area (Å²) in [6.07, 6.45) is 3.47. The Morgan fingerprint density at radius 1 is 0.793 bits per heavy atom. The van der Waals surface area contributed by atoms with Crippen LogP contribution in [0.5, 0.6) is 5.75 Å². The van der Waals surface area contributed by atoms with Crippen LogP contribution < -0.4 is 20.7 Å². The third-order valence-corrected chi connectivity index (χ3v) is 11.3. The van der Waals surface area contributed by atoms with E-state index in [1.165, 1.54) is 7.11 Å². The van der Waals surface area contributed by atoms with Crippen LogP contribution in [0.25, 0.3) is 11.1 Å². The third kappa shape index (κ3) is 9.57. The van der Waals surface area contributed by atoms with Crippen LogP contribution in [-0.4, -0.2) is 108 Å². The van der Waals surface area contributed by atoms with E-state index in [1.807, 2.05) is 0 Å². The van der Waals surface area contributed by atoms with Crippen LogP contribution in [0.15, 0.2) is 48.5 Å². The van der Waals surface area contributed by atoms with Gasteiger partial charge in [-0.05, 0) is 55.7 Å². The lowest BCUT2D eigenvalue weighted by atomic mass is 10.0. The first kappa shape index (κ1) is 42.4. The zero-order valence-electron chi connectivity index (χ0n) is 31.8. The average Bonchev–Trinajstić information content (AvgIpc) is 3.47. The molecule has 0 radical (unpaired) electrons. The summed E-state index contributed by atoms with van der Waals surface area (Å²) in [6, 6.07) is 12.1. The number of benzene rings is 3. The molecular weight excluding hydrogens is 811 g/mol. The van der Waals surface area contributed by atoms with E-state index >= 15 is 0 Å². The summed E-state index contributed by atoms with van der Waals surface area (Å²) in [4.78, 5) is 93.6. The highest BCUT2D eigenvalue weighted by atomic mass is 35.5. The Morgan fingerprint density at radius 3 is 2.22 bits per heavy atom. The number of anilines is 1. The Kier molecular flexibility index (Phi) is 13.9. The molecule has 7 amide bonds. The molecule has 6 rings (SSSR count).